The molecule has 1 saturated heterocycles. The molecule has 0 unspecified atom stereocenters. The molecule has 98 valence electrons. The standard InChI is InChI=1S/C11H22N4O2/c1-13(2)10(16)8-14(3)11(17)9-15-6-4-12-5-7-15/h12H,4-9H2,1-3H3. The van der Waals surface area contributed by atoms with Crippen LogP contribution in [0.2, 0.25) is 0 Å². The quantitative estimate of drug-likeness (QED) is 0.648. The number of carbonyl (C=O) groups is 2. The maximum Gasteiger partial charge on any atom is 0.241 e. The first-order valence-corrected chi connectivity index (χ1v) is 5.88. The van der Waals surface area contributed by atoms with Crippen molar-refractivity contribution in [3.05, 3.63) is 0 Å². The predicted octanol–water partition coefficient (Wildman–Crippen LogP) is -1.56. The van der Waals surface area contributed by atoms with E-state index in [-0.39, 0.29) is 18.4 Å². The first kappa shape index (κ1) is 13.9. The Labute approximate surface area is 103 Å². The van der Waals surface area contributed by atoms with Crippen molar-refractivity contribution in [1.29, 1.82) is 0 Å². The molecule has 0 saturated carbocycles. The summed E-state index contributed by atoms with van der Waals surface area (Å²) in [6, 6.07) is 0. The summed E-state index contributed by atoms with van der Waals surface area (Å²) in [6.07, 6.45) is 0. The molecule has 0 atom stereocenters. The van der Waals surface area contributed by atoms with E-state index in [2.05, 4.69) is 10.2 Å². The number of likely N-dealkylation sites (N-methyl/N-ethyl adjacent to an activating group) is 2. The van der Waals surface area contributed by atoms with Crippen LogP contribution in [0.15, 0.2) is 0 Å². The lowest BCUT2D eigenvalue weighted by molar-refractivity contribution is -0.138. The van der Waals surface area contributed by atoms with E-state index in [1.807, 2.05) is 0 Å². The highest BCUT2D eigenvalue weighted by molar-refractivity contribution is 5.85. The Kier molecular flexibility index (Phi) is 5.37. The third-order valence-electron chi connectivity index (χ3n) is 2.87. The molecule has 17 heavy (non-hydrogen) atoms. The summed E-state index contributed by atoms with van der Waals surface area (Å²) < 4.78 is 0. The topological polar surface area (TPSA) is 55.9 Å². The van der Waals surface area contributed by atoms with Crippen molar-refractivity contribution in [2.75, 3.05) is 60.4 Å². The fourth-order valence-electron chi connectivity index (χ4n) is 1.61. The number of piperazine rings is 1. The van der Waals surface area contributed by atoms with Crippen LogP contribution in [-0.4, -0.2) is 86.9 Å². The first-order chi connectivity index (χ1) is 8.00. The van der Waals surface area contributed by atoms with Crippen molar-refractivity contribution in [3.8, 4) is 0 Å². The highest BCUT2D eigenvalue weighted by Gasteiger charge is 2.18. The van der Waals surface area contributed by atoms with Gasteiger partial charge in [-0.2, -0.15) is 0 Å². The molecule has 0 aromatic rings. The normalized spacial score (nSPS) is 16.6. The first-order valence-electron chi connectivity index (χ1n) is 5.88. The third kappa shape index (κ3) is 4.70. The fourth-order valence-corrected chi connectivity index (χ4v) is 1.61. The average Bonchev–Trinajstić information content (AvgIpc) is 2.29. The van der Waals surface area contributed by atoms with Crippen molar-refractivity contribution in [1.82, 2.24) is 20.0 Å². The van der Waals surface area contributed by atoms with Crippen LogP contribution >= 0.6 is 0 Å². The van der Waals surface area contributed by atoms with Crippen LogP contribution in [0.25, 0.3) is 0 Å². The summed E-state index contributed by atoms with van der Waals surface area (Å²) in [7, 11) is 5.06. The Morgan fingerprint density at radius 1 is 1.12 bits per heavy atom. The number of rotatable bonds is 4. The van der Waals surface area contributed by atoms with E-state index in [1.54, 1.807) is 21.1 Å². The summed E-state index contributed by atoms with van der Waals surface area (Å²) in [5.41, 5.74) is 0. The van der Waals surface area contributed by atoms with Gasteiger partial charge < -0.3 is 15.1 Å². The number of carbonyl (C=O) groups excluding carboxylic acids is 2. The molecule has 0 aromatic heterocycles. The van der Waals surface area contributed by atoms with Gasteiger partial charge in [-0.25, -0.2) is 0 Å². The average molecular weight is 242 g/mol. The van der Waals surface area contributed by atoms with Crippen LogP contribution in [0.3, 0.4) is 0 Å². The minimum Gasteiger partial charge on any atom is -0.347 e. The lowest BCUT2D eigenvalue weighted by atomic mass is 10.3. The Hall–Kier alpha value is -1.14. The number of amides is 2. The van der Waals surface area contributed by atoms with Crippen molar-refractivity contribution in [2.24, 2.45) is 0 Å². The van der Waals surface area contributed by atoms with Gasteiger partial charge in [-0.1, -0.05) is 0 Å². The Morgan fingerprint density at radius 3 is 2.24 bits per heavy atom. The molecule has 6 heteroatoms. The van der Waals surface area contributed by atoms with E-state index < -0.39 is 0 Å². The summed E-state index contributed by atoms with van der Waals surface area (Å²) in [6.45, 7) is 4.18. The molecule has 2 amide bonds. The smallest absolute Gasteiger partial charge is 0.241 e. The SMILES string of the molecule is CN(C)C(=O)CN(C)C(=O)CN1CCNCC1. The van der Waals surface area contributed by atoms with Gasteiger partial charge in [0.25, 0.3) is 0 Å². The van der Waals surface area contributed by atoms with Crippen LogP contribution < -0.4 is 5.32 Å². The molecule has 1 N–H and O–H groups in total. The Bertz CT molecular complexity index is 275. The lowest BCUT2D eigenvalue weighted by Crippen LogP contribution is -2.49. The number of nitrogens with one attached hydrogen (secondary N) is 1. The molecule has 1 aliphatic heterocycles. The van der Waals surface area contributed by atoms with Crippen LogP contribution in [0.5, 0.6) is 0 Å². The van der Waals surface area contributed by atoms with E-state index in [1.165, 1.54) is 9.80 Å². The van der Waals surface area contributed by atoms with Crippen molar-refractivity contribution in [2.45, 2.75) is 0 Å². The fraction of sp³-hybridized carbons (Fsp3) is 0.818. The molecule has 1 aliphatic rings. The van der Waals surface area contributed by atoms with Gasteiger partial charge in [-0.3, -0.25) is 14.5 Å². The molecule has 1 rings (SSSR count). The highest BCUT2D eigenvalue weighted by atomic mass is 16.2. The van der Waals surface area contributed by atoms with Crippen molar-refractivity contribution >= 4 is 11.8 Å². The molecule has 0 aliphatic carbocycles. The van der Waals surface area contributed by atoms with Gasteiger partial charge in [0.05, 0.1) is 13.1 Å². The van der Waals surface area contributed by atoms with Crippen LogP contribution in [0.1, 0.15) is 0 Å². The minimum absolute atomic E-state index is 0.00194. The lowest BCUT2D eigenvalue weighted by Gasteiger charge is -2.28. The zero-order valence-electron chi connectivity index (χ0n) is 10.9. The van der Waals surface area contributed by atoms with Crippen LogP contribution in [0, 0.1) is 0 Å². The number of nitrogens with zero attached hydrogens (tertiary/aromatic N) is 3. The molecule has 1 fully saturated rings. The van der Waals surface area contributed by atoms with Crippen LogP contribution in [0.4, 0.5) is 0 Å². The van der Waals surface area contributed by atoms with Gasteiger partial charge in [-0.15, -0.1) is 0 Å². The Morgan fingerprint density at radius 2 is 1.71 bits per heavy atom. The Balaban J connectivity index is 2.33. The third-order valence-corrected chi connectivity index (χ3v) is 2.87. The van der Waals surface area contributed by atoms with E-state index in [0.29, 0.717) is 6.54 Å². The van der Waals surface area contributed by atoms with Crippen molar-refractivity contribution < 1.29 is 9.59 Å². The number of hydrogen-bond donors (Lipinski definition) is 1. The zero-order valence-corrected chi connectivity index (χ0v) is 10.9. The monoisotopic (exact) mass is 242 g/mol. The summed E-state index contributed by atoms with van der Waals surface area (Å²) in [5, 5.41) is 3.24. The van der Waals surface area contributed by atoms with Gasteiger partial charge in [0.15, 0.2) is 0 Å². The zero-order chi connectivity index (χ0) is 12.8. The second-order valence-electron chi connectivity index (χ2n) is 4.56. The summed E-state index contributed by atoms with van der Waals surface area (Å²) >= 11 is 0. The van der Waals surface area contributed by atoms with E-state index >= 15 is 0 Å². The largest absolute Gasteiger partial charge is 0.347 e. The maximum atomic E-state index is 11.9. The van der Waals surface area contributed by atoms with E-state index in [0.717, 1.165) is 26.2 Å². The molecule has 0 bridgehead atoms. The van der Waals surface area contributed by atoms with Gasteiger partial charge in [0.1, 0.15) is 0 Å². The van der Waals surface area contributed by atoms with E-state index in [9.17, 15) is 9.59 Å². The molecular weight excluding hydrogens is 220 g/mol. The molecule has 0 radical (unpaired) electrons. The van der Waals surface area contributed by atoms with Crippen LogP contribution in [-0.2, 0) is 9.59 Å². The molecule has 0 spiro atoms. The van der Waals surface area contributed by atoms with Gasteiger partial charge >= 0.3 is 0 Å². The molecule has 0 aromatic carbocycles. The number of hydrogen-bond acceptors (Lipinski definition) is 4. The molecular formula is C11H22N4O2. The minimum atomic E-state index is -0.0545. The maximum absolute atomic E-state index is 11.9. The van der Waals surface area contributed by atoms with Gasteiger partial charge in [0, 0.05) is 47.3 Å². The van der Waals surface area contributed by atoms with Gasteiger partial charge in [-0.05, 0) is 0 Å². The van der Waals surface area contributed by atoms with Gasteiger partial charge in [0.2, 0.25) is 11.8 Å². The van der Waals surface area contributed by atoms with E-state index in [4.69, 9.17) is 0 Å². The second kappa shape index (κ2) is 6.56. The molecule has 1 heterocycles. The highest BCUT2D eigenvalue weighted by Crippen LogP contribution is 1.95. The molecule has 6 nitrogen and oxygen atoms in total. The van der Waals surface area contributed by atoms with Crippen molar-refractivity contribution in [3.63, 3.8) is 0 Å². The summed E-state index contributed by atoms with van der Waals surface area (Å²) in [5.74, 6) is -0.0525. The summed E-state index contributed by atoms with van der Waals surface area (Å²) in [4.78, 5) is 28.4. The predicted molar refractivity (Wildman–Crippen MR) is 65.6 cm³/mol. The second-order valence-corrected chi connectivity index (χ2v) is 4.56.